The molecule has 1 aromatic rings. The SMILES string of the molecule is CCCC1CN(C2CCOc3ccccc32)CCCN1. The molecule has 20 heavy (non-hydrogen) atoms. The first-order valence-corrected chi connectivity index (χ1v) is 8.07. The van der Waals surface area contributed by atoms with Crippen LogP contribution in [0.3, 0.4) is 0 Å². The van der Waals surface area contributed by atoms with Gasteiger partial charge in [-0.3, -0.25) is 4.90 Å². The Hall–Kier alpha value is -1.06. The molecule has 3 rings (SSSR count). The van der Waals surface area contributed by atoms with E-state index in [2.05, 4.69) is 41.4 Å². The van der Waals surface area contributed by atoms with E-state index in [1.165, 1.54) is 37.9 Å². The van der Waals surface area contributed by atoms with Crippen LogP contribution in [0.5, 0.6) is 5.75 Å². The highest BCUT2D eigenvalue weighted by Gasteiger charge is 2.29. The summed E-state index contributed by atoms with van der Waals surface area (Å²) in [7, 11) is 0. The van der Waals surface area contributed by atoms with Gasteiger partial charge < -0.3 is 10.1 Å². The fourth-order valence-electron chi connectivity index (χ4n) is 3.55. The van der Waals surface area contributed by atoms with Gasteiger partial charge in [0.2, 0.25) is 0 Å². The number of hydrogen-bond acceptors (Lipinski definition) is 3. The quantitative estimate of drug-likeness (QED) is 0.917. The number of fused-ring (bicyclic) bond motifs is 1. The smallest absolute Gasteiger partial charge is 0.124 e. The number of nitrogens with one attached hydrogen (secondary N) is 1. The van der Waals surface area contributed by atoms with Gasteiger partial charge in [0, 0.05) is 37.2 Å². The maximum absolute atomic E-state index is 5.81. The Balaban J connectivity index is 1.78. The molecular formula is C17H26N2O. The summed E-state index contributed by atoms with van der Waals surface area (Å²) in [5.74, 6) is 1.09. The van der Waals surface area contributed by atoms with Crippen LogP contribution in [0.2, 0.25) is 0 Å². The van der Waals surface area contributed by atoms with Gasteiger partial charge in [0.15, 0.2) is 0 Å². The molecule has 0 saturated carbocycles. The molecule has 0 aromatic heterocycles. The molecule has 0 bridgehead atoms. The molecule has 2 aliphatic heterocycles. The molecule has 2 atom stereocenters. The highest BCUT2D eigenvalue weighted by atomic mass is 16.5. The van der Waals surface area contributed by atoms with Crippen LogP contribution < -0.4 is 10.1 Å². The van der Waals surface area contributed by atoms with Crippen molar-refractivity contribution in [2.45, 2.75) is 44.7 Å². The van der Waals surface area contributed by atoms with Crippen LogP contribution >= 0.6 is 0 Å². The van der Waals surface area contributed by atoms with Crippen molar-refractivity contribution >= 4 is 0 Å². The Labute approximate surface area is 122 Å². The highest BCUT2D eigenvalue weighted by molar-refractivity contribution is 5.37. The van der Waals surface area contributed by atoms with Crippen molar-refractivity contribution < 1.29 is 4.74 Å². The van der Waals surface area contributed by atoms with Crippen molar-refractivity contribution in [3.8, 4) is 5.75 Å². The topological polar surface area (TPSA) is 24.5 Å². The molecule has 1 saturated heterocycles. The van der Waals surface area contributed by atoms with Gasteiger partial charge in [0.25, 0.3) is 0 Å². The summed E-state index contributed by atoms with van der Waals surface area (Å²) in [5, 5.41) is 3.70. The van der Waals surface area contributed by atoms with Crippen LogP contribution in [0.15, 0.2) is 24.3 Å². The van der Waals surface area contributed by atoms with Gasteiger partial charge in [-0.15, -0.1) is 0 Å². The van der Waals surface area contributed by atoms with E-state index in [1.54, 1.807) is 0 Å². The highest BCUT2D eigenvalue weighted by Crippen LogP contribution is 2.36. The number of benzene rings is 1. The van der Waals surface area contributed by atoms with Crippen molar-refractivity contribution in [3.63, 3.8) is 0 Å². The lowest BCUT2D eigenvalue weighted by Gasteiger charge is -2.36. The molecule has 1 fully saturated rings. The monoisotopic (exact) mass is 274 g/mol. The van der Waals surface area contributed by atoms with E-state index in [-0.39, 0.29) is 0 Å². The van der Waals surface area contributed by atoms with E-state index in [1.807, 2.05) is 0 Å². The minimum absolute atomic E-state index is 0.541. The van der Waals surface area contributed by atoms with Crippen molar-refractivity contribution in [2.75, 3.05) is 26.2 Å². The van der Waals surface area contributed by atoms with E-state index >= 15 is 0 Å². The lowest BCUT2D eigenvalue weighted by molar-refractivity contribution is 0.136. The predicted octanol–water partition coefficient (Wildman–Crippen LogP) is 2.97. The zero-order chi connectivity index (χ0) is 13.8. The maximum Gasteiger partial charge on any atom is 0.124 e. The van der Waals surface area contributed by atoms with E-state index < -0.39 is 0 Å². The Morgan fingerprint density at radius 1 is 1.35 bits per heavy atom. The molecule has 2 aliphatic rings. The summed E-state index contributed by atoms with van der Waals surface area (Å²) >= 11 is 0. The molecule has 3 heteroatoms. The molecule has 0 aliphatic carbocycles. The number of para-hydroxylation sites is 1. The first-order chi connectivity index (χ1) is 9.88. The summed E-state index contributed by atoms with van der Waals surface area (Å²) in [6.45, 7) is 6.66. The van der Waals surface area contributed by atoms with Crippen LogP contribution in [0.1, 0.15) is 44.2 Å². The summed E-state index contributed by atoms with van der Waals surface area (Å²) in [6, 6.07) is 9.76. The van der Waals surface area contributed by atoms with Crippen LogP contribution in [0.25, 0.3) is 0 Å². The Morgan fingerprint density at radius 2 is 2.25 bits per heavy atom. The molecule has 2 heterocycles. The van der Waals surface area contributed by atoms with Crippen LogP contribution in [0, 0.1) is 0 Å². The van der Waals surface area contributed by atoms with E-state index in [0.717, 1.165) is 25.3 Å². The number of nitrogens with zero attached hydrogens (tertiary/aromatic N) is 1. The molecule has 0 spiro atoms. The zero-order valence-electron chi connectivity index (χ0n) is 12.5. The summed E-state index contributed by atoms with van der Waals surface area (Å²) in [4.78, 5) is 2.68. The molecular weight excluding hydrogens is 248 g/mol. The predicted molar refractivity (Wildman–Crippen MR) is 82.2 cm³/mol. The van der Waals surface area contributed by atoms with Crippen molar-refractivity contribution in [1.29, 1.82) is 0 Å². The van der Waals surface area contributed by atoms with Crippen LogP contribution in [-0.2, 0) is 0 Å². The summed E-state index contributed by atoms with van der Waals surface area (Å²) in [5.41, 5.74) is 1.39. The fraction of sp³-hybridized carbons (Fsp3) is 0.647. The molecule has 110 valence electrons. The molecule has 2 unspecified atom stereocenters. The van der Waals surface area contributed by atoms with Crippen LogP contribution in [-0.4, -0.2) is 37.2 Å². The molecule has 1 aromatic carbocycles. The van der Waals surface area contributed by atoms with Gasteiger partial charge in [0.05, 0.1) is 6.61 Å². The second-order valence-electron chi connectivity index (χ2n) is 5.98. The lowest BCUT2D eigenvalue weighted by Crippen LogP contribution is -2.40. The van der Waals surface area contributed by atoms with Crippen molar-refractivity contribution in [2.24, 2.45) is 0 Å². The Morgan fingerprint density at radius 3 is 3.15 bits per heavy atom. The first-order valence-electron chi connectivity index (χ1n) is 8.07. The van der Waals surface area contributed by atoms with Crippen LogP contribution in [0.4, 0.5) is 0 Å². The fourth-order valence-corrected chi connectivity index (χ4v) is 3.55. The summed E-state index contributed by atoms with van der Waals surface area (Å²) in [6.07, 6.45) is 4.91. The second-order valence-corrected chi connectivity index (χ2v) is 5.98. The number of rotatable bonds is 3. The first kappa shape index (κ1) is 13.9. The number of ether oxygens (including phenoxy) is 1. The standard InChI is InChI=1S/C17H26N2O/c1-2-6-14-13-19(11-5-10-18-14)16-9-12-20-17-8-4-3-7-15(16)17/h3-4,7-8,14,16,18H,2,5-6,9-13H2,1H3. The van der Waals surface area contributed by atoms with Gasteiger partial charge in [-0.2, -0.15) is 0 Å². The minimum atomic E-state index is 0.541. The van der Waals surface area contributed by atoms with Gasteiger partial charge >= 0.3 is 0 Å². The summed E-state index contributed by atoms with van der Waals surface area (Å²) < 4.78 is 5.81. The minimum Gasteiger partial charge on any atom is -0.493 e. The molecule has 3 nitrogen and oxygen atoms in total. The van der Waals surface area contributed by atoms with Gasteiger partial charge in [0.1, 0.15) is 5.75 Å². The van der Waals surface area contributed by atoms with E-state index in [4.69, 9.17) is 4.74 Å². The molecule has 1 N–H and O–H groups in total. The van der Waals surface area contributed by atoms with E-state index in [0.29, 0.717) is 12.1 Å². The average molecular weight is 274 g/mol. The average Bonchev–Trinajstić information content (AvgIpc) is 2.73. The van der Waals surface area contributed by atoms with Gasteiger partial charge in [-0.1, -0.05) is 31.5 Å². The lowest BCUT2D eigenvalue weighted by atomic mass is 9.98. The third kappa shape index (κ3) is 2.99. The largest absolute Gasteiger partial charge is 0.493 e. The van der Waals surface area contributed by atoms with Crippen molar-refractivity contribution in [3.05, 3.63) is 29.8 Å². The second kappa shape index (κ2) is 6.59. The van der Waals surface area contributed by atoms with Crippen molar-refractivity contribution in [1.82, 2.24) is 10.2 Å². The van der Waals surface area contributed by atoms with Gasteiger partial charge in [-0.25, -0.2) is 0 Å². The molecule has 0 radical (unpaired) electrons. The third-order valence-corrected chi connectivity index (χ3v) is 4.51. The maximum atomic E-state index is 5.81. The molecule has 0 amide bonds. The Kier molecular flexibility index (Phi) is 4.58. The number of hydrogen-bond donors (Lipinski definition) is 1. The zero-order valence-corrected chi connectivity index (χ0v) is 12.5. The normalized spacial score (nSPS) is 27.4. The van der Waals surface area contributed by atoms with E-state index in [9.17, 15) is 0 Å². The Bertz CT molecular complexity index is 435. The third-order valence-electron chi connectivity index (χ3n) is 4.51. The van der Waals surface area contributed by atoms with Gasteiger partial charge in [-0.05, 0) is 25.5 Å².